The lowest BCUT2D eigenvalue weighted by Gasteiger charge is -2.40. The molecule has 1 saturated heterocycles. The monoisotopic (exact) mass is 453 g/mol. The van der Waals surface area contributed by atoms with Crippen LogP contribution in [-0.2, 0) is 16.0 Å². The molecule has 4 rings (SSSR count). The number of piperazine rings is 1. The summed E-state index contributed by atoms with van der Waals surface area (Å²) >= 11 is 6.09. The molecule has 0 radical (unpaired) electrons. The zero-order valence-electron chi connectivity index (χ0n) is 18.5. The van der Waals surface area contributed by atoms with Crippen molar-refractivity contribution in [2.45, 2.75) is 44.6 Å². The third-order valence-corrected chi connectivity index (χ3v) is 6.97. The van der Waals surface area contributed by atoms with Crippen LogP contribution in [0.5, 0.6) is 0 Å². The van der Waals surface area contributed by atoms with Gasteiger partial charge >= 0.3 is 0 Å². The van der Waals surface area contributed by atoms with Crippen LogP contribution in [0.3, 0.4) is 0 Å². The van der Waals surface area contributed by atoms with E-state index in [1.807, 2.05) is 35.2 Å². The van der Waals surface area contributed by atoms with Gasteiger partial charge < -0.3 is 10.2 Å². The molecule has 1 heterocycles. The molecule has 6 heteroatoms. The van der Waals surface area contributed by atoms with Gasteiger partial charge in [0, 0.05) is 43.3 Å². The second-order valence-corrected chi connectivity index (χ2v) is 9.33. The summed E-state index contributed by atoms with van der Waals surface area (Å²) in [5, 5.41) is 3.70. The van der Waals surface area contributed by atoms with E-state index < -0.39 is 0 Å². The van der Waals surface area contributed by atoms with E-state index in [-0.39, 0.29) is 17.9 Å². The Kier molecular flexibility index (Phi) is 7.82. The molecule has 0 bridgehead atoms. The average molecular weight is 454 g/mol. The highest BCUT2D eigenvalue weighted by Crippen LogP contribution is 2.32. The maximum Gasteiger partial charge on any atom is 0.242 e. The summed E-state index contributed by atoms with van der Waals surface area (Å²) in [6.45, 7) is 2.84. The molecular weight excluding hydrogens is 422 g/mol. The van der Waals surface area contributed by atoms with Crippen molar-refractivity contribution in [1.29, 1.82) is 0 Å². The van der Waals surface area contributed by atoms with Crippen LogP contribution in [0, 0.1) is 5.92 Å². The smallest absolute Gasteiger partial charge is 0.242 e. The summed E-state index contributed by atoms with van der Waals surface area (Å²) in [5.74, 6) is 0.617. The Hall–Kier alpha value is -2.37. The highest BCUT2D eigenvalue weighted by atomic mass is 35.5. The molecule has 5 nitrogen and oxygen atoms in total. The second-order valence-electron chi connectivity index (χ2n) is 8.89. The van der Waals surface area contributed by atoms with Gasteiger partial charge in [0.2, 0.25) is 11.8 Å². The molecule has 2 aromatic carbocycles. The van der Waals surface area contributed by atoms with Crippen molar-refractivity contribution in [3.63, 3.8) is 0 Å². The average Bonchev–Trinajstić information content (AvgIpc) is 3.33. The number of aryl methyl sites for hydroxylation is 1. The normalized spacial score (nSPS) is 18.5. The fraction of sp³-hybridized carbons (Fsp3) is 0.462. The SMILES string of the molecule is O=C(Nc1cccc(Cl)c1)C(C1CCCC1)N1CCN(C(=O)CCc2ccccc2)CC1. The highest BCUT2D eigenvalue weighted by Gasteiger charge is 2.37. The number of nitrogens with one attached hydrogen (secondary N) is 1. The van der Waals surface area contributed by atoms with Gasteiger partial charge in [-0.3, -0.25) is 14.5 Å². The summed E-state index contributed by atoms with van der Waals surface area (Å²) in [4.78, 5) is 30.3. The first kappa shape index (κ1) is 22.8. The Morgan fingerprint density at radius 2 is 1.69 bits per heavy atom. The molecular formula is C26H32ClN3O2. The van der Waals surface area contributed by atoms with E-state index in [0.717, 1.165) is 38.0 Å². The van der Waals surface area contributed by atoms with Gasteiger partial charge in [-0.1, -0.05) is 60.8 Å². The molecule has 1 aliphatic heterocycles. The first-order valence-corrected chi connectivity index (χ1v) is 12.1. The molecule has 2 fully saturated rings. The minimum atomic E-state index is -0.155. The Bertz CT molecular complexity index is 906. The van der Waals surface area contributed by atoms with Crippen molar-refractivity contribution in [1.82, 2.24) is 9.80 Å². The van der Waals surface area contributed by atoms with Gasteiger partial charge in [0.05, 0.1) is 6.04 Å². The van der Waals surface area contributed by atoms with Crippen molar-refractivity contribution >= 4 is 29.1 Å². The molecule has 2 amide bonds. The summed E-state index contributed by atoms with van der Waals surface area (Å²) in [6, 6.07) is 17.3. The van der Waals surface area contributed by atoms with E-state index in [9.17, 15) is 9.59 Å². The fourth-order valence-corrected chi connectivity index (χ4v) is 5.23. The minimum absolute atomic E-state index is 0.0445. The van der Waals surface area contributed by atoms with E-state index in [1.165, 1.54) is 18.4 Å². The number of carbonyl (C=O) groups is 2. The zero-order valence-corrected chi connectivity index (χ0v) is 19.3. The van der Waals surface area contributed by atoms with Gasteiger partial charge in [-0.15, -0.1) is 0 Å². The van der Waals surface area contributed by atoms with Crippen LogP contribution in [0.15, 0.2) is 54.6 Å². The van der Waals surface area contributed by atoms with Crippen LogP contribution in [0.1, 0.15) is 37.7 Å². The minimum Gasteiger partial charge on any atom is -0.340 e. The Morgan fingerprint density at radius 1 is 0.969 bits per heavy atom. The molecule has 2 aliphatic rings. The Balaban J connectivity index is 1.35. The van der Waals surface area contributed by atoms with Crippen LogP contribution in [-0.4, -0.2) is 53.8 Å². The number of amides is 2. The lowest BCUT2D eigenvalue weighted by molar-refractivity contribution is -0.134. The number of halogens is 1. The Labute approximate surface area is 195 Å². The zero-order chi connectivity index (χ0) is 22.3. The lowest BCUT2D eigenvalue weighted by Crippen LogP contribution is -2.57. The first-order valence-electron chi connectivity index (χ1n) is 11.7. The van der Waals surface area contributed by atoms with Gasteiger partial charge in [-0.2, -0.15) is 0 Å². The molecule has 1 aliphatic carbocycles. The molecule has 2 aromatic rings. The quantitative estimate of drug-likeness (QED) is 0.665. The molecule has 1 saturated carbocycles. The molecule has 1 atom stereocenters. The van der Waals surface area contributed by atoms with Crippen molar-refractivity contribution in [2.75, 3.05) is 31.5 Å². The predicted octanol–water partition coefficient (Wildman–Crippen LogP) is 4.61. The van der Waals surface area contributed by atoms with Gasteiger partial charge in [0.15, 0.2) is 0 Å². The number of hydrogen-bond donors (Lipinski definition) is 1. The van der Waals surface area contributed by atoms with Crippen molar-refractivity contribution in [2.24, 2.45) is 5.92 Å². The number of rotatable bonds is 7. The number of hydrogen-bond acceptors (Lipinski definition) is 3. The number of benzene rings is 2. The molecule has 32 heavy (non-hydrogen) atoms. The number of anilines is 1. The number of nitrogens with zero attached hydrogens (tertiary/aromatic N) is 2. The van der Waals surface area contributed by atoms with Crippen molar-refractivity contribution in [3.8, 4) is 0 Å². The standard InChI is InChI=1S/C26H32ClN3O2/c27-22-11-6-12-23(19-22)28-26(32)25(21-9-4-5-10-21)30-17-15-29(16-18-30)24(31)14-13-20-7-2-1-3-8-20/h1-3,6-8,11-12,19,21,25H,4-5,9-10,13-18H2,(H,28,32). The van der Waals surface area contributed by atoms with Crippen LogP contribution in [0.4, 0.5) is 5.69 Å². The van der Waals surface area contributed by atoms with Gasteiger partial charge in [0.25, 0.3) is 0 Å². The number of carbonyl (C=O) groups excluding carboxylic acids is 2. The second kappa shape index (κ2) is 11.0. The molecule has 0 aromatic heterocycles. The van der Waals surface area contributed by atoms with E-state index >= 15 is 0 Å². The lowest BCUT2D eigenvalue weighted by atomic mass is 9.94. The van der Waals surface area contributed by atoms with E-state index in [2.05, 4.69) is 22.3 Å². The molecule has 0 spiro atoms. The molecule has 1 unspecified atom stereocenters. The molecule has 1 N–H and O–H groups in total. The maximum atomic E-state index is 13.3. The van der Waals surface area contributed by atoms with E-state index in [4.69, 9.17) is 11.6 Å². The topological polar surface area (TPSA) is 52.7 Å². The Morgan fingerprint density at radius 3 is 2.38 bits per heavy atom. The first-order chi connectivity index (χ1) is 15.6. The maximum absolute atomic E-state index is 13.3. The van der Waals surface area contributed by atoms with Crippen molar-refractivity contribution in [3.05, 3.63) is 65.2 Å². The van der Waals surface area contributed by atoms with E-state index in [1.54, 1.807) is 12.1 Å². The van der Waals surface area contributed by atoms with Crippen LogP contribution in [0.25, 0.3) is 0 Å². The molecule has 170 valence electrons. The van der Waals surface area contributed by atoms with Crippen LogP contribution in [0.2, 0.25) is 5.02 Å². The highest BCUT2D eigenvalue weighted by molar-refractivity contribution is 6.30. The summed E-state index contributed by atoms with van der Waals surface area (Å²) in [5.41, 5.74) is 1.93. The predicted molar refractivity (Wildman–Crippen MR) is 129 cm³/mol. The third-order valence-electron chi connectivity index (χ3n) is 6.74. The van der Waals surface area contributed by atoms with E-state index in [0.29, 0.717) is 30.5 Å². The van der Waals surface area contributed by atoms with Crippen LogP contribution < -0.4 is 5.32 Å². The fourth-order valence-electron chi connectivity index (χ4n) is 5.04. The van der Waals surface area contributed by atoms with Gasteiger partial charge in [0.1, 0.15) is 0 Å². The largest absolute Gasteiger partial charge is 0.340 e. The summed E-state index contributed by atoms with van der Waals surface area (Å²) < 4.78 is 0. The van der Waals surface area contributed by atoms with Crippen LogP contribution >= 0.6 is 11.6 Å². The summed E-state index contributed by atoms with van der Waals surface area (Å²) in [7, 11) is 0. The van der Waals surface area contributed by atoms with Crippen molar-refractivity contribution < 1.29 is 9.59 Å². The third kappa shape index (κ3) is 5.90. The summed E-state index contributed by atoms with van der Waals surface area (Å²) in [6.07, 6.45) is 5.85. The van der Waals surface area contributed by atoms with Gasteiger partial charge in [-0.05, 0) is 48.9 Å². The van der Waals surface area contributed by atoms with Gasteiger partial charge in [-0.25, -0.2) is 0 Å².